The van der Waals surface area contributed by atoms with E-state index in [0.29, 0.717) is 12.1 Å². The van der Waals surface area contributed by atoms with Crippen molar-refractivity contribution in [2.45, 2.75) is 58.0 Å². The van der Waals surface area contributed by atoms with Gasteiger partial charge in [-0.1, -0.05) is 38.1 Å². The molecule has 1 heteroatoms. The number of rotatable bonds is 3. The Labute approximate surface area is 99.3 Å². The highest BCUT2D eigenvalue weighted by atomic mass is 14.9. The summed E-state index contributed by atoms with van der Waals surface area (Å²) in [4.78, 5) is 0. The standard InChI is InChI=1S/C15H23N/c1-4-12(3)16-15-10-9-11(2)13-7-5-6-8-14(13)15/h5-8,11-12,15-16H,4,9-10H2,1-3H3. The van der Waals surface area contributed by atoms with Crippen LogP contribution in [0.1, 0.15) is 63.1 Å². The van der Waals surface area contributed by atoms with E-state index in [4.69, 9.17) is 0 Å². The van der Waals surface area contributed by atoms with Gasteiger partial charge in [-0.05, 0) is 43.2 Å². The minimum absolute atomic E-state index is 0.572. The molecule has 1 aliphatic carbocycles. The quantitative estimate of drug-likeness (QED) is 0.806. The van der Waals surface area contributed by atoms with Gasteiger partial charge in [0.2, 0.25) is 0 Å². The molecule has 0 aromatic heterocycles. The Kier molecular flexibility index (Phi) is 3.65. The Balaban J connectivity index is 2.21. The maximum atomic E-state index is 3.75. The lowest BCUT2D eigenvalue weighted by Crippen LogP contribution is -2.32. The highest BCUT2D eigenvalue weighted by Crippen LogP contribution is 2.37. The molecule has 3 atom stereocenters. The summed E-state index contributed by atoms with van der Waals surface area (Å²) in [5, 5.41) is 3.75. The number of nitrogens with one attached hydrogen (secondary N) is 1. The number of hydrogen-bond acceptors (Lipinski definition) is 1. The molecular formula is C15H23N. The summed E-state index contributed by atoms with van der Waals surface area (Å²) in [6.07, 6.45) is 3.79. The van der Waals surface area contributed by atoms with E-state index in [-0.39, 0.29) is 0 Å². The normalized spacial score (nSPS) is 26.2. The SMILES string of the molecule is CCC(C)NC1CCC(C)c2ccccc21. The second-order valence-electron chi connectivity index (χ2n) is 5.14. The average molecular weight is 217 g/mol. The average Bonchev–Trinajstić information content (AvgIpc) is 2.33. The van der Waals surface area contributed by atoms with Gasteiger partial charge in [0.15, 0.2) is 0 Å². The summed E-state index contributed by atoms with van der Waals surface area (Å²) < 4.78 is 0. The summed E-state index contributed by atoms with van der Waals surface area (Å²) in [7, 11) is 0. The van der Waals surface area contributed by atoms with Crippen LogP contribution in [0.25, 0.3) is 0 Å². The Bertz CT molecular complexity index is 345. The fourth-order valence-electron chi connectivity index (χ4n) is 2.64. The van der Waals surface area contributed by atoms with E-state index < -0.39 is 0 Å². The fraction of sp³-hybridized carbons (Fsp3) is 0.600. The molecule has 0 heterocycles. The van der Waals surface area contributed by atoms with Crippen molar-refractivity contribution in [1.29, 1.82) is 0 Å². The predicted octanol–water partition coefficient (Wildman–Crippen LogP) is 4.01. The third-order valence-electron chi connectivity index (χ3n) is 3.89. The molecular weight excluding hydrogens is 194 g/mol. The summed E-state index contributed by atoms with van der Waals surface area (Å²) in [5.41, 5.74) is 3.08. The lowest BCUT2D eigenvalue weighted by atomic mass is 9.81. The zero-order chi connectivity index (χ0) is 11.5. The fourth-order valence-corrected chi connectivity index (χ4v) is 2.64. The van der Waals surface area contributed by atoms with E-state index in [2.05, 4.69) is 50.4 Å². The summed E-state index contributed by atoms with van der Waals surface area (Å²) in [6, 6.07) is 10.1. The maximum absolute atomic E-state index is 3.75. The minimum atomic E-state index is 0.572. The summed E-state index contributed by atoms with van der Waals surface area (Å²) in [6.45, 7) is 6.87. The van der Waals surface area contributed by atoms with E-state index in [1.165, 1.54) is 24.8 Å². The second-order valence-corrected chi connectivity index (χ2v) is 5.14. The Hall–Kier alpha value is -0.820. The van der Waals surface area contributed by atoms with Crippen molar-refractivity contribution in [2.24, 2.45) is 0 Å². The Morgan fingerprint density at radius 3 is 2.62 bits per heavy atom. The first kappa shape index (κ1) is 11.7. The number of fused-ring (bicyclic) bond motifs is 1. The molecule has 88 valence electrons. The molecule has 0 fully saturated rings. The van der Waals surface area contributed by atoms with Crippen LogP contribution < -0.4 is 5.32 Å². The van der Waals surface area contributed by atoms with Gasteiger partial charge in [-0.2, -0.15) is 0 Å². The van der Waals surface area contributed by atoms with Gasteiger partial charge in [-0.15, -0.1) is 0 Å². The molecule has 0 radical (unpaired) electrons. The largest absolute Gasteiger partial charge is 0.307 e. The number of benzene rings is 1. The molecule has 1 aromatic rings. The molecule has 1 nitrogen and oxygen atoms in total. The van der Waals surface area contributed by atoms with E-state index in [1.807, 2.05) is 0 Å². The first-order valence-corrected chi connectivity index (χ1v) is 6.57. The molecule has 1 N–H and O–H groups in total. The minimum Gasteiger partial charge on any atom is -0.307 e. The third-order valence-corrected chi connectivity index (χ3v) is 3.89. The van der Waals surface area contributed by atoms with Gasteiger partial charge in [0.05, 0.1) is 0 Å². The molecule has 0 aliphatic heterocycles. The van der Waals surface area contributed by atoms with Crippen LogP contribution in [0, 0.1) is 0 Å². The van der Waals surface area contributed by atoms with Gasteiger partial charge in [0.25, 0.3) is 0 Å². The number of hydrogen-bond donors (Lipinski definition) is 1. The monoisotopic (exact) mass is 217 g/mol. The van der Waals surface area contributed by atoms with E-state index in [0.717, 1.165) is 5.92 Å². The van der Waals surface area contributed by atoms with Crippen LogP contribution in [0.4, 0.5) is 0 Å². The molecule has 1 aliphatic rings. The summed E-state index contributed by atoms with van der Waals surface area (Å²) in [5.74, 6) is 0.728. The topological polar surface area (TPSA) is 12.0 Å². The van der Waals surface area contributed by atoms with Gasteiger partial charge in [0, 0.05) is 12.1 Å². The van der Waals surface area contributed by atoms with Crippen molar-refractivity contribution >= 4 is 0 Å². The molecule has 0 spiro atoms. The van der Waals surface area contributed by atoms with Gasteiger partial charge in [0.1, 0.15) is 0 Å². The Morgan fingerprint density at radius 2 is 1.94 bits per heavy atom. The van der Waals surface area contributed by atoms with Crippen LogP contribution in [0.2, 0.25) is 0 Å². The Morgan fingerprint density at radius 1 is 1.25 bits per heavy atom. The molecule has 2 rings (SSSR count). The molecule has 1 aromatic carbocycles. The van der Waals surface area contributed by atoms with Crippen molar-refractivity contribution in [1.82, 2.24) is 5.32 Å². The molecule has 0 saturated heterocycles. The van der Waals surface area contributed by atoms with Crippen molar-refractivity contribution in [2.75, 3.05) is 0 Å². The zero-order valence-electron chi connectivity index (χ0n) is 10.7. The van der Waals surface area contributed by atoms with Crippen LogP contribution in [0.5, 0.6) is 0 Å². The highest BCUT2D eigenvalue weighted by molar-refractivity contribution is 5.34. The van der Waals surface area contributed by atoms with Crippen LogP contribution in [0.15, 0.2) is 24.3 Å². The molecule has 3 unspecified atom stereocenters. The van der Waals surface area contributed by atoms with Gasteiger partial charge in [-0.25, -0.2) is 0 Å². The van der Waals surface area contributed by atoms with Crippen LogP contribution in [-0.4, -0.2) is 6.04 Å². The zero-order valence-corrected chi connectivity index (χ0v) is 10.7. The van der Waals surface area contributed by atoms with E-state index in [9.17, 15) is 0 Å². The first-order valence-electron chi connectivity index (χ1n) is 6.57. The van der Waals surface area contributed by atoms with E-state index >= 15 is 0 Å². The van der Waals surface area contributed by atoms with Crippen molar-refractivity contribution in [3.63, 3.8) is 0 Å². The molecule has 0 saturated carbocycles. The van der Waals surface area contributed by atoms with Gasteiger partial charge >= 0.3 is 0 Å². The molecule has 0 bridgehead atoms. The third kappa shape index (κ3) is 2.30. The van der Waals surface area contributed by atoms with Gasteiger partial charge < -0.3 is 5.32 Å². The lowest BCUT2D eigenvalue weighted by molar-refractivity contribution is 0.386. The maximum Gasteiger partial charge on any atom is 0.0325 e. The van der Waals surface area contributed by atoms with Crippen molar-refractivity contribution in [3.8, 4) is 0 Å². The van der Waals surface area contributed by atoms with Crippen LogP contribution in [-0.2, 0) is 0 Å². The molecule has 0 amide bonds. The highest BCUT2D eigenvalue weighted by Gasteiger charge is 2.24. The lowest BCUT2D eigenvalue weighted by Gasteiger charge is -2.32. The predicted molar refractivity (Wildman–Crippen MR) is 69.7 cm³/mol. The van der Waals surface area contributed by atoms with E-state index in [1.54, 1.807) is 5.56 Å². The van der Waals surface area contributed by atoms with Gasteiger partial charge in [-0.3, -0.25) is 0 Å². The smallest absolute Gasteiger partial charge is 0.0325 e. The summed E-state index contributed by atoms with van der Waals surface area (Å²) >= 11 is 0. The second kappa shape index (κ2) is 5.01. The van der Waals surface area contributed by atoms with Crippen LogP contribution in [0.3, 0.4) is 0 Å². The van der Waals surface area contributed by atoms with Crippen LogP contribution >= 0.6 is 0 Å². The van der Waals surface area contributed by atoms with Crippen molar-refractivity contribution < 1.29 is 0 Å². The molecule has 16 heavy (non-hydrogen) atoms. The van der Waals surface area contributed by atoms with Crippen molar-refractivity contribution in [3.05, 3.63) is 35.4 Å². The first-order chi connectivity index (χ1) is 7.72.